The summed E-state index contributed by atoms with van der Waals surface area (Å²) in [6, 6.07) is 20.4. The van der Waals surface area contributed by atoms with Gasteiger partial charge in [-0.05, 0) is 0 Å². The van der Waals surface area contributed by atoms with Gasteiger partial charge in [-0.2, -0.15) is 0 Å². The normalized spacial score (nSPS) is 20.3. The Balaban J connectivity index is 1.80. The Morgan fingerprint density at radius 2 is 1.08 bits per heavy atom. The first-order valence-electron chi connectivity index (χ1n) is 14.1. The SMILES string of the molecule is C[CH]=[Zr]([CH3])([CH3])([CH]1C(O[SiH2]CC(C)(C)C)=Cc2ccccc21)[CH]1C(O[SiH2]CC(C)(C)C)=Cc2ccccc21. The molecule has 0 N–H and O–H groups in total. The van der Waals surface area contributed by atoms with Crippen molar-refractivity contribution in [3.63, 3.8) is 0 Å². The van der Waals surface area contributed by atoms with Crippen molar-refractivity contribution in [1.29, 1.82) is 0 Å². The molecule has 5 heteroatoms. The standard InChI is InChI=1S/2C14H19OSi.C2H4.2CH3.Zr/c2*1-14(2,3)10-16-15-13-8-11-6-4-5-7-12(11)9-13;1-2;;;/h2*4-9H,10,16H2,1-3H3;1H,2H3;2*1H3;. The van der Waals surface area contributed by atoms with Crippen LogP contribution in [0.5, 0.6) is 0 Å². The summed E-state index contributed by atoms with van der Waals surface area (Å²) in [5, 5.41) is 0. The van der Waals surface area contributed by atoms with Gasteiger partial charge in [-0.25, -0.2) is 0 Å². The molecule has 37 heavy (non-hydrogen) atoms. The molecule has 0 radical (unpaired) electrons. The van der Waals surface area contributed by atoms with Gasteiger partial charge >= 0.3 is 233 Å². The van der Waals surface area contributed by atoms with E-state index in [1.165, 1.54) is 45.9 Å². The van der Waals surface area contributed by atoms with Gasteiger partial charge in [0.2, 0.25) is 0 Å². The van der Waals surface area contributed by atoms with Crippen LogP contribution in [0.15, 0.2) is 60.0 Å². The van der Waals surface area contributed by atoms with Crippen molar-refractivity contribution in [3.05, 3.63) is 82.3 Å². The molecule has 2 aromatic rings. The Kier molecular flexibility index (Phi) is 8.04. The molecule has 0 amide bonds. The summed E-state index contributed by atoms with van der Waals surface area (Å²) in [6.07, 6.45) is 4.75. The second-order valence-electron chi connectivity index (χ2n) is 14.6. The van der Waals surface area contributed by atoms with Crippen molar-refractivity contribution in [2.45, 2.75) is 77.1 Å². The molecule has 0 saturated heterocycles. The van der Waals surface area contributed by atoms with Gasteiger partial charge in [-0.1, -0.05) is 0 Å². The van der Waals surface area contributed by atoms with Crippen LogP contribution >= 0.6 is 0 Å². The van der Waals surface area contributed by atoms with Crippen LogP contribution in [0.1, 0.15) is 78.0 Å². The fourth-order valence-electron chi connectivity index (χ4n) is 6.17. The van der Waals surface area contributed by atoms with Gasteiger partial charge in [0.1, 0.15) is 0 Å². The molecule has 0 fully saturated rings. The molecular weight excluding hydrogens is 564 g/mol. The first-order chi connectivity index (χ1) is 17.2. The molecule has 0 aliphatic heterocycles. The maximum atomic E-state index is 6.88. The summed E-state index contributed by atoms with van der Waals surface area (Å²) < 4.78 is 22.4. The predicted molar refractivity (Wildman–Crippen MR) is 166 cm³/mol. The number of fused-ring (bicyclic) bond motifs is 2. The summed E-state index contributed by atoms with van der Waals surface area (Å²) in [4.78, 5) is 0. The molecule has 2 unspecified atom stereocenters. The number of rotatable bonds is 8. The number of hydrogen-bond donors (Lipinski definition) is 0. The van der Waals surface area contributed by atoms with E-state index in [0.29, 0.717) is 18.1 Å². The molecule has 0 spiro atoms. The van der Waals surface area contributed by atoms with Crippen LogP contribution in [-0.4, -0.2) is 23.2 Å². The molecule has 200 valence electrons. The van der Waals surface area contributed by atoms with E-state index in [1.807, 2.05) is 0 Å². The van der Waals surface area contributed by atoms with E-state index in [4.69, 9.17) is 8.85 Å². The average Bonchev–Trinajstić information content (AvgIpc) is 3.36. The number of allylic oxidation sites excluding steroid dienone is 2. The molecule has 0 heterocycles. The van der Waals surface area contributed by atoms with Crippen molar-refractivity contribution in [2.24, 2.45) is 10.8 Å². The van der Waals surface area contributed by atoms with Crippen molar-refractivity contribution < 1.29 is 27.2 Å². The van der Waals surface area contributed by atoms with Crippen molar-refractivity contribution >= 4 is 35.4 Å². The summed E-state index contributed by atoms with van der Waals surface area (Å²) in [6.45, 7) is 16.3. The van der Waals surface area contributed by atoms with Gasteiger partial charge in [0, 0.05) is 0 Å². The Labute approximate surface area is 231 Å². The first kappa shape index (κ1) is 28.7. The average molecular weight is 612 g/mol. The van der Waals surface area contributed by atoms with Gasteiger partial charge in [-0.3, -0.25) is 0 Å². The second-order valence-corrected chi connectivity index (χ2v) is 34.6. The minimum absolute atomic E-state index is 0.312. The molecule has 0 bridgehead atoms. The molecule has 0 saturated carbocycles. The monoisotopic (exact) mass is 610 g/mol. The molecule has 4 rings (SSSR count). The van der Waals surface area contributed by atoms with E-state index >= 15 is 0 Å². The molecule has 0 aromatic heterocycles. The maximum absolute atomic E-state index is 6.88. The van der Waals surface area contributed by atoms with Crippen LogP contribution in [0.2, 0.25) is 21.4 Å². The third kappa shape index (κ3) is 5.99. The van der Waals surface area contributed by atoms with E-state index in [-0.39, 0.29) is 0 Å². The Morgan fingerprint density at radius 1 is 0.703 bits per heavy atom. The molecule has 2 nitrogen and oxygen atoms in total. The van der Waals surface area contributed by atoms with Crippen LogP contribution < -0.4 is 0 Å². The third-order valence-electron chi connectivity index (χ3n) is 8.75. The van der Waals surface area contributed by atoms with Gasteiger partial charge in [0.05, 0.1) is 0 Å². The van der Waals surface area contributed by atoms with Gasteiger partial charge in [0.25, 0.3) is 0 Å². The molecule has 2 aromatic carbocycles. The van der Waals surface area contributed by atoms with E-state index in [2.05, 4.69) is 122 Å². The van der Waals surface area contributed by atoms with Crippen LogP contribution in [-0.2, 0) is 27.2 Å². The fourth-order valence-corrected chi connectivity index (χ4v) is 23.2. The summed E-state index contributed by atoms with van der Waals surface area (Å²) in [5.74, 6) is 2.48. The van der Waals surface area contributed by atoms with E-state index in [0.717, 1.165) is 0 Å². The van der Waals surface area contributed by atoms with Crippen LogP contribution in [0.4, 0.5) is 0 Å². The minimum atomic E-state index is -3.86. The van der Waals surface area contributed by atoms with E-state index in [1.54, 1.807) is 0 Å². The Morgan fingerprint density at radius 3 is 1.43 bits per heavy atom. The Hall–Kier alpha value is -1.29. The number of hydrogen-bond acceptors (Lipinski definition) is 2. The van der Waals surface area contributed by atoms with Crippen molar-refractivity contribution in [3.8, 4) is 0 Å². The molecule has 2 atom stereocenters. The van der Waals surface area contributed by atoms with E-state index in [9.17, 15) is 0 Å². The quantitative estimate of drug-likeness (QED) is 0.282. The predicted octanol–water partition coefficient (Wildman–Crippen LogP) is 7.92. The summed E-state index contributed by atoms with van der Waals surface area (Å²) >= 11 is -3.86. The summed E-state index contributed by atoms with van der Waals surface area (Å²) in [5.41, 5.74) is 6.24. The van der Waals surface area contributed by atoms with Crippen LogP contribution in [0, 0.1) is 10.8 Å². The molecular formula is C32H48O2Si2Zr. The molecule has 2 aliphatic carbocycles. The topological polar surface area (TPSA) is 18.5 Å². The Bertz CT molecular complexity index is 1190. The van der Waals surface area contributed by atoms with Crippen molar-refractivity contribution in [1.82, 2.24) is 0 Å². The zero-order chi connectivity index (χ0) is 27.1. The number of benzene rings is 2. The zero-order valence-electron chi connectivity index (χ0n) is 24.7. The third-order valence-corrected chi connectivity index (χ3v) is 29.6. The van der Waals surface area contributed by atoms with Gasteiger partial charge < -0.3 is 0 Å². The van der Waals surface area contributed by atoms with Crippen LogP contribution in [0.25, 0.3) is 12.2 Å². The molecule has 2 aliphatic rings. The van der Waals surface area contributed by atoms with Crippen LogP contribution in [0.3, 0.4) is 0 Å². The summed E-state index contributed by atoms with van der Waals surface area (Å²) in [7, 11) is -1.34. The van der Waals surface area contributed by atoms with Crippen molar-refractivity contribution in [2.75, 3.05) is 0 Å². The van der Waals surface area contributed by atoms with Gasteiger partial charge in [-0.15, -0.1) is 0 Å². The van der Waals surface area contributed by atoms with Gasteiger partial charge in [0.15, 0.2) is 0 Å². The zero-order valence-corrected chi connectivity index (χ0v) is 29.9. The fraction of sp³-hybridized carbons (Fsp3) is 0.469. The van der Waals surface area contributed by atoms with E-state index < -0.39 is 37.8 Å². The first-order valence-corrected chi connectivity index (χ1v) is 26.4. The second kappa shape index (κ2) is 10.4.